The Morgan fingerprint density at radius 2 is 1.46 bits per heavy atom. The summed E-state index contributed by atoms with van der Waals surface area (Å²) in [7, 11) is 3.13. The number of pyridine rings is 1. The maximum Gasteiger partial charge on any atom is 0.254 e. The highest BCUT2D eigenvalue weighted by atomic mass is 16.5. The summed E-state index contributed by atoms with van der Waals surface area (Å²) in [4.78, 5) is 26.8. The maximum atomic E-state index is 13.7. The van der Waals surface area contributed by atoms with Crippen LogP contribution in [0.4, 0.5) is 5.69 Å². The molecule has 0 unspecified atom stereocenters. The summed E-state index contributed by atoms with van der Waals surface area (Å²) in [5.41, 5.74) is 6.38. The molecule has 0 fully saturated rings. The molecular weight excluding hydrogens is 464 g/mol. The van der Waals surface area contributed by atoms with Crippen LogP contribution in [0.1, 0.15) is 34.7 Å². The van der Waals surface area contributed by atoms with E-state index in [1.54, 1.807) is 20.3 Å². The van der Waals surface area contributed by atoms with Gasteiger partial charge in [0, 0.05) is 22.7 Å². The minimum Gasteiger partial charge on any atom is -0.493 e. The first kappa shape index (κ1) is 26.0. The number of ether oxygens (including phenoxy) is 2. The molecule has 192 valence electrons. The number of amides is 1. The van der Waals surface area contributed by atoms with E-state index in [1.807, 2.05) is 44.2 Å². The predicted octanol–water partition coefficient (Wildman–Crippen LogP) is 5.62. The Balaban J connectivity index is 1.71. The fourth-order valence-electron chi connectivity index (χ4n) is 4.71. The molecule has 0 atom stereocenters. The van der Waals surface area contributed by atoms with Crippen molar-refractivity contribution in [3.63, 3.8) is 0 Å². The Morgan fingerprint density at radius 3 is 2.08 bits per heavy atom. The van der Waals surface area contributed by atoms with Gasteiger partial charge in [0.25, 0.3) is 5.56 Å². The summed E-state index contributed by atoms with van der Waals surface area (Å²) in [6, 6.07) is 19.9. The van der Waals surface area contributed by atoms with Crippen molar-refractivity contribution in [2.45, 2.75) is 46.6 Å². The van der Waals surface area contributed by atoms with Gasteiger partial charge >= 0.3 is 0 Å². The number of anilines is 1. The Kier molecular flexibility index (Phi) is 7.97. The van der Waals surface area contributed by atoms with Gasteiger partial charge in [0.1, 0.15) is 6.54 Å². The van der Waals surface area contributed by atoms with E-state index in [2.05, 4.69) is 36.5 Å². The average molecular weight is 499 g/mol. The normalized spacial score (nSPS) is 10.9. The molecular formula is C31H34N2O4. The van der Waals surface area contributed by atoms with E-state index in [1.165, 1.54) is 15.7 Å². The van der Waals surface area contributed by atoms with Gasteiger partial charge in [0.2, 0.25) is 5.91 Å². The molecule has 6 heteroatoms. The molecule has 0 bridgehead atoms. The third-order valence-corrected chi connectivity index (χ3v) is 6.59. The Hall–Kier alpha value is -4.06. The van der Waals surface area contributed by atoms with Crippen molar-refractivity contribution in [3.05, 3.63) is 98.8 Å². The average Bonchev–Trinajstić information content (AvgIpc) is 2.88. The van der Waals surface area contributed by atoms with Gasteiger partial charge in [-0.2, -0.15) is 0 Å². The Bertz CT molecular complexity index is 1470. The van der Waals surface area contributed by atoms with Crippen LogP contribution >= 0.6 is 0 Å². The van der Waals surface area contributed by atoms with Crippen LogP contribution in [-0.2, 0) is 30.6 Å². The van der Waals surface area contributed by atoms with Crippen LogP contribution in [0.5, 0.6) is 11.5 Å². The van der Waals surface area contributed by atoms with E-state index >= 15 is 0 Å². The monoisotopic (exact) mass is 498 g/mol. The number of nitrogens with one attached hydrogen (secondary N) is 1. The van der Waals surface area contributed by atoms with Crippen molar-refractivity contribution in [3.8, 4) is 11.5 Å². The molecule has 37 heavy (non-hydrogen) atoms. The van der Waals surface area contributed by atoms with Crippen LogP contribution in [-0.4, -0.2) is 24.7 Å². The molecule has 0 aliphatic carbocycles. The molecule has 4 aromatic rings. The molecule has 0 aliphatic rings. The summed E-state index contributed by atoms with van der Waals surface area (Å²) in [6.45, 7) is 5.99. The molecule has 0 saturated carbocycles. The van der Waals surface area contributed by atoms with Crippen molar-refractivity contribution in [2.24, 2.45) is 0 Å². The molecule has 1 aromatic heterocycles. The predicted molar refractivity (Wildman–Crippen MR) is 149 cm³/mol. The van der Waals surface area contributed by atoms with Gasteiger partial charge in [0.05, 0.1) is 19.7 Å². The van der Waals surface area contributed by atoms with Gasteiger partial charge in [-0.1, -0.05) is 37.3 Å². The first-order valence-corrected chi connectivity index (χ1v) is 12.6. The zero-order valence-corrected chi connectivity index (χ0v) is 22.2. The summed E-state index contributed by atoms with van der Waals surface area (Å²) in [5.74, 6) is 0.804. The molecule has 0 saturated heterocycles. The highest BCUT2D eigenvalue weighted by Gasteiger charge is 2.16. The van der Waals surface area contributed by atoms with Gasteiger partial charge in [-0.3, -0.25) is 14.2 Å². The topological polar surface area (TPSA) is 69.6 Å². The minimum absolute atomic E-state index is 0.114. The zero-order chi connectivity index (χ0) is 26.5. The number of aryl methyl sites for hydroxylation is 5. The summed E-state index contributed by atoms with van der Waals surface area (Å²) in [5, 5.41) is 3.76. The number of hydrogen-bond acceptors (Lipinski definition) is 4. The molecule has 1 N–H and O–H groups in total. The summed E-state index contributed by atoms with van der Waals surface area (Å²) in [6.07, 6.45) is 2.28. The number of benzene rings is 3. The zero-order valence-electron chi connectivity index (χ0n) is 22.2. The fourth-order valence-corrected chi connectivity index (χ4v) is 4.71. The number of nitrogens with zero attached hydrogens (tertiary/aromatic N) is 1. The lowest BCUT2D eigenvalue weighted by molar-refractivity contribution is -0.116. The van der Waals surface area contributed by atoms with E-state index in [-0.39, 0.29) is 18.0 Å². The highest BCUT2D eigenvalue weighted by molar-refractivity contribution is 5.92. The van der Waals surface area contributed by atoms with E-state index in [4.69, 9.17) is 9.47 Å². The molecule has 1 heterocycles. The van der Waals surface area contributed by atoms with Crippen molar-refractivity contribution in [1.29, 1.82) is 0 Å². The van der Waals surface area contributed by atoms with Crippen LogP contribution < -0.4 is 20.3 Å². The van der Waals surface area contributed by atoms with Gasteiger partial charge in [-0.05, 0) is 79.6 Å². The van der Waals surface area contributed by atoms with Crippen molar-refractivity contribution in [2.75, 3.05) is 19.5 Å². The van der Waals surface area contributed by atoms with Gasteiger partial charge in [-0.25, -0.2) is 0 Å². The van der Waals surface area contributed by atoms with Crippen molar-refractivity contribution in [1.82, 2.24) is 4.57 Å². The molecule has 0 aliphatic heterocycles. The third kappa shape index (κ3) is 6.02. The smallest absolute Gasteiger partial charge is 0.254 e. The largest absolute Gasteiger partial charge is 0.493 e. The second-order valence-corrected chi connectivity index (χ2v) is 9.42. The van der Waals surface area contributed by atoms with Crippen molar-refractivity contribution >= 4 is 22.5 Å². The van der Waals surface area contributed by atoms with Gasteiger partial charge in [-0.15, -0.1) is 0 Å². The molecule has 0 spiro atoms. The maximum absolute atomic E-state index is 13.7. The van der Waals surface area contributed by atoms with E-state index in [0.29, 0.717) is 34.7 Å². The van der Waals surface area contributed by atoms with Gasteiger partial charge < -0.3 is 14.8 Å². The molecule has 3 aromatic carbocycles. The van der Waals surface area contributed by atoms with Crippen LogP contribution in [0, 0.1) is 13.8 Å². The Labute approximate surface area is 217 Å². The number of fused-ring (bicyclic) bond motifs is 1. The summed E-state index contributed by atoms with van der Waals surface area (Å²) < 4.78 is 12.5. The fraction of sp³-hybridized carbons (Fsp3) is 0.290. The first-order valence-electron chi connectivity index (χ1n) is 12.6. The highest BCUT2D eigenvalue weighted by Crippen LogP contribution is 2.32. The van der Waals surface area contributed by atoms with E-state index in [0.717, 1.165) is 29.4 Å². The lowest BCUT2D eigenvalue weighted by atomic mass is 10.0. The van der Waals surface area contributed by atoms with Gasteiger partial charge in [0.15, 0.2) is 11.5 Å². The second-order valence-electron chi connectivity index (χ2n) is 9.42. The van der Waals surface area contributed by atoms with Crippen LogP contribution in [0.2, 0.25) is 0 Å². The molecule has 6 nitrogen and oxygen atoms in total. The molecule has 4 rings (SSSR count). The molecule has 1 amide bonds. The lowest BCUT2D eigenvalue weighted by Crippen LogP contribution is -2.30. The standard InChI is InChI=1S/C31H34N2O4/c1-6-22-7-9-23(10-8-22)11-12-24-16-25-17-28(36-4)29(37-5)18-27(25)33(31(24)35)19-30(34)32-26-14-20(2)13-21(3)15-26/h7-10,13-18H,6,11-12,19H2,1-5H3,(H,32,34). The van der Waals surface area contributed by atoms with Crippen LogP contribution in [0.3, 0.4) is 0 Å². The van der Waals surface area contributed by atoms with Crippen molar-refractivity contribution < 1.29 is 14.3 Å². The minimum atomic E-state index is -0.268. The Morgan fingerprint density at radius 1 is 0.838 bits per heavy atom. The van der Waals surface area contributed by atoms with Crippen LogP contribution in [0.15, 0.2) is 65.5 Å². The number of aromatic nitrogens is 1. The molecule has 0 radical (unpaired) electrons. The third-order valence-electron chi connectivity index (χ3n) is 6.59. The van der Waals surface area contributed by atoms with Crippen LogP contribution in [0.25, 0.3) is 10.9 Å². The number of carbonyl (C=O) groups is 1. The van der Waals surface area contributed by atoms with E-state index in [9.17, 15) is 9.59 Å². The quantitative estimate of drug-likeness (QED) is 0.325. The number of hydrogen-bond donors (Lipinski definition) is 1. The summed E-state index contributed by atoms with van der Waals surface area (Å²) >= 11 is 0. The SMILES string of the molecule is CCc1ccc(CCc2cc3cc(OC)c(OC)cc3n(CC(=O)Nc3cc(C)cc(C)c3)c2=O)cc1. The van der Waals surface area contributed by atoms with E-state index < -0.39 is 0 Å². The number of rotatable bonds is 9. The lowest BCUT2D eigenvalue weighted by Gasteiger charge is -2.16. The first-order chi connectivity index (χ1) is 17.8. The number of carbonyl (C=O) groups excluding carboxylic acids is 1. The number of methoxy groups -OCH3 is 2. The second kappa shape index (κ2) is 11.3.